The zero-order chi connectivity index (χ0) is 19.7. The Labute approximate surface area is 173 Å². The summed E-state index contributed by atoms with van der Waals surface area (Å²) in [6.45, 7) is 5.84. The first-order valence-corrected chi connectivity index (χ1v) is 10.5. The van der Waals surface area contributed by atoms with Crippen molar-refractivity contribution in [1.29, 1.82) is 0 Å². The summed E-state index contributed by atoms with van der Waals surface area (Å²) in [5.74, 6) is -0.296. The molecule has 2 aromatic carbocycles. The van der Waals surface area contributed by atoms with Gasteiger partial charge in [-0.3, -0.25) is 4.90 Å². The summed E-state index contributed by atoms with van der Waals surface area (Å²) in [6, 6.07) is 13.9. The topological polar surface area (TPSA) is 45.7 Å². The van der Waals surface area contributed by atoms with Crippen molar-refractivity contribution in [3.63, 3.8) is 0 Å². The van der Waals surface area contributed by atoms with E-state index in [1.807, 2.05) is 30.3 Å². The number of hydrogen-bond donors (Lipinski definition) is 0. The van der Waals surface area contributed by atoms with Crippen LogP contribution < -0.4 is 4.90 Å². The number of thiazole rings is 1. The Morgan fingerprint density at radius 1 is 1.29 bits per heavy atom. The zero-order valence-electron chi connectivity index (χ0n) is 15.9. The Kier molecular flexibility index (Phi) is 5.53. The first-order valence-electron chi connectivity index (χ1n) is 9.26. The van der Waals surface area contributed by atoms with E-state index in [0.29, 0.717) is 11.6 Å². The van der Waals surface area contributed by atoms with Crippen LogP contribution in [-0.4, -0.2) is 48.6 Å². The summed E-state index contributed by atoms with van der Waals surface area (Å²) < 4.78 is 5.95. The molecule has 0 bridgehead atoms. The van der Waals surface area contributed by atoms with Crippen LogP contribution in [-0.2, 0) is 11.3 Å². The molecule has 146 valence electrons. The largest absolute Gasteiger partial charge is 0.465 e. The quantitative estimate of drug-likeness (QED) is 0.589. The summed E-state index contributed by atoms with van der Waals surface area (Å²) in [6.07, 6.45) is 0. The first kappa shape index (κ1) is 19.2. The molecule has 4 rings (SSSR count). The Bertz CT molecular complexity index is 1010. The van der Waals surface area contributed by atoms with E-state index in [9.17, 15) is 4.79 Å². The molecular formula is C21H22ClN3O2S. The fraction of sp³-hybridized carbons (Fsp3) is 0.333. The Hall–Kier alpha value is -2.15. The van der Waals surface area contributed by atoms with Gasteiger partial charge >= 0.3 is 5.97 Å². The molecule has 1 aromatic heterocycles. The lowest BCUT2D eigenvalue weighted by Gasteiger charge is -2.39. The normalized spacial score (nSPS) is 17.8. The minimum absolute atomic E-state index is 0.296. The summed E-state index contributed by atoms with van der Waals surface area (Å²) in [4.78, 5) is 21.3. The molecule has 7 heteroatoms. The SMILES string of the molecule is COC(=O)c1cccc(CN2CCN(c3nc4ccc(Cl)cc4s3)CC2C)c1. The third-order valence-electron chi connectivity index (χ3n) is 5.11. The molecule has 0 aliphatic carbocycles. The molecule has 2 heterocycles. The number of carbonyl (C=O) groups excluding carboxylic acids is 1. The lowest BCUT2D eigenvalue weighted by molar-refractivity contribution is 0.0600. The van der Waals surface area contributed by atoms with Crippen LogP contribution in [0.3, 0.4) is 0 Å². The van der Waals surface area contributed by atoms with Gasteiger partial charge in [-0.05, 0) is 42.8 Å². The van der Waals surface area contributed by atoms with E-state index >= 15 is 0 Å². The predicted octanol–water partition coefficient (Wildman–Crippen LogP) is 4.45. The third kappa shape index (κ3) is 3.99. The molecule has 0 spiro atoms. The number of esters is 1. The lowest BCUT2D eigenvalue weighted by atomic mass is 10.1. The fourth-order valence-corrected chi connectivity index (χ4v) is 4.85. The van der Waals surface area contributed by atoms with Gasteiger partial charge in [0.25, 0.3) is 0 Å². The molecular weight excluding hydrogens is 394 g/mol. The zero-order valence-corrected chi connectivity index (χ0v) is 17.5. The van der Waals surface area contributed by atoms with E-state index in [1.54, 1.807) is 17.4 Å². The number of piperazine rings is 1. The van der Waals surface area contributed by atoms with Gasteiger partial charge in [-0.2, -0.15) is 0 Å². The van der Waals surface area contributed by atoms with Crippen molar-refractivity contribution in [3.05, 3.63) is 58.6 Å². The number of halogens is 1. The van der Waals surface area contributed by atoms with Crippen molar-refractivity contribution < 1.29 is 9.53 Å². The van der Waals surface area contributed by atoms with Gasteiger partial charge in [0.1, 0.15) is 0 Å². The van der Waals surface area contributed by atoms with E-state index in [1.165, 1.54) is 7.11 Å². The Morgan fingerprint density at radius 2 is 2.14 bits per heavy atom. The monoisotopic (exact) mass is 415 g/mol. The fourth-order valence-electron chi connectivity index (χ4n) is 3.57. The number of anilines is 1. The molecule has 0 N–H and O–H groups in total. The minimum Gasteiger partial charge on any atom is -0.465 e. The Morgan fingerprint density at radius 3 is 2.93 bits per heavy atom. The smallest absolute Gasteiger partial charge is 0.337 e. The van der Waals surface area contributed by atoms with Crippen LogP contribution >= 0.6 is 22.9 Å². The maximum Gasteiger partial charge on any atom is 0.337 e. The molecule has 0 saturated carbocycles. The standard InChI is InChI=1S/C21H22ClN3O2S/c1-14-12-25(21-23-18-7-6-17(22)11-19(18)28-21)9-8-24(14)13-15-4-3-5-16(10-15)20(26)27-2/h3-7,10-11,14H,8-9,12-13H2,1-2H3. The molecule has 1 saturated heterocycles. The number of aromatic nitrogens is 1. The second-order valence-corrected chi connectivity index (χ2v) is 8.51. The van der Waals surface area contributed by atoms with Gasteiger partial charge in [0, 0.05) is 37.2 Å². The van der Waals surface area contributed by atoms with Crippen LogP contribution in [0.4, 0.5) is 5.13 Å². The minimum atomic E-state index is -0.296. The number of ether oxygens (including phenoxy) is 1. The van der Waals surface area contributed by atoms with E-state index in [0.717, 1.165) is 52.1 Å². The molecule has 1 fully saturated rings. The van der Waals surface area contributed by atoms with E-state index < -0.39 is 0 Å². The highest BCUT2D eigenvalue weighted by Crippen LogP contribution is 2.32. The third-order valence-corrected chi connectivity index (χ3v) is 6.42. The molecule has 1 aliphatic heterocycles. The number of benzene rings is 2. The van der Waals surface area contributed by atoms with Gasteiger partial charge < -0.3 is 9.64 Å². The predicted molar refractivity (Wildman–Crippen MR) is 114 cm³/mol. The molecule has 1 aliphatic rings. The number of carbonyl (C=O) groups is 1. The van der Waals surface area contributed by atoms with Crippen molar-refractivity contribution in [1.82, 2.24) is 9.88 Å². The highest BCUT2D eigenvalue weighted by molar-refractivity contribution is 7.22. The van der Waals surface area contributed by atoms with Crippen molar-refractivity contribution in [2.24, 2.45) is 0 Å². The van der Waals surface area contributed by atoms with Crippen molar-refractivity contribution >= 4 is 44.3 Å². The summed E-state index contributed by atoms with van der Waals surface area (Å²) >= 11 is 7.80. The maximum atomic E-state index is 11.8. The van der Waals surface area contributed by atoms with Crippen LogP contribution in [0, 0.1) is 0 Å². The average Bonchev–Trinajstić information content (AvgIpc) is 3.12. The van der Waals surface area contributed by atoms with E-state index in [2.05, 4.69) is 22.8 Å². The van der Waals surface area contributed by atoms with Crippen molar-refractivity contribution in [2.75, 3.05) is 31.6 Å². The molecule has 0 amide bonds. The number of nitrogens with zero attached hydrogens (tertiary/aromatic N) is 3. The van der Waals surface area contributed by atoms with Crippen LogP contribution in [0.25, 0.3) is 10.2 Å². The number of rotatable bonds is 4. The highest BCUT2D eigenvalue weighted by atomic mass is 35.5. The Balaban J connectivity index is 1.44. The first-order chi connectivity index (χ1) is 13.5. The van der Waals surface area contributed by atoms with Crippen molar-refractivity contribution in [3.8, 4) is 0 Å². The van der Waals surface area contributed by atoms with Gasteiger partial charge in [-0.15, -0.1) is 0 Å². The van der Waals surface area contributed by atoms with E-state index in [4.69, 9.17) is 21.3 Å². The van der Waals surface area contributed by atoms with Crippen LogP contribution in [0.15, 0.2) is 42.5 Å². The summed E-state index contributed by atoms with van der Waals surface area (Å²) in [7, 11) is 1.41. The van der Waals surface area contributed by atoms with Gasteiger partial charge in [0.2, 0.25) is 0 Å². The molecule has 5 nitrogen and oxygen atoms in total. The molecule has 28 heavy (non-hydrogen) atoms. The van der Waals surface area contributed by atoms with Gasteiger partial charge in [0.05, 0.1) is 22.9 Å². The van der Waals surface area contributed by atoms with Crippen LogP contribution in [0.1, 0.15) is 22.8 Å². The highest BCUT2D eigenvalue weighted by Gasteiger charge is 2.25. The molecule has 1 atom stereocenters. The molecule has 0 radical (unpaired) electrons. The summed E-state index contributed by atoms with van der Waals surface area (Å²) in [5, 5.41) is 1.80. The van der Waals surface area contributed by atoms with Crippen LogP contribution in [0.5, 0.6) is 0 Å². The second-order valence-electron chi connectivity index (χ2n) is 7.07. The lowest BCUT2D eigenvalue weighted by Crippen LogP contribution is -2.51. The number of methoxy groups -OCH3 is 1. The van der Waals surface area contributed by atoms with Gasteiger partial charge in [0.15, 0.2) is 5.13 Å². The second kappa shape index (κ2) is 8.07. The maximum absolute atomic E-state index is 11.8. The van der Waals surface area contributed by atoms with E-state index in [-0.39, 0.29) is 5.97 Å². The number of hydrogen-bond acceptors (Lipinski definition) is 6. The average molecular weight is 416 g/mol. The molecule has 3 aromatic rings. The van der Waals surface area contributed by atoms with Crippen LogP contribution in [0.2, 0.25) is 5.02 Å². The van der Waals surface area contributed by atoms with Crippen molar-refractivity contribution in [2.45, 2.75) is 19.5 Å². The van der Waals surface area contributed by atoms with Gasteiger partial charge in [-0.25, -0.2) is 9.78 Å². The van der Waals surface area contributed by atoms with Gasteiger partial charge in [-0.1, -0.05) is 35.1 Å². The number of fused-ring (bicyclic) bond motifs is 1. The molecule has 1 unspecified atom stereocenters. The summed E-state index contributed by atoms with van der Waals surface area (Å²) in [5.41, 5.74) is 2.72.